The first-order valence-corrected chi connectivity index (χ1v) is 8.13. The average Bonchev–Trinajstić information content (AvgIpc) is 3.01. The number of benzene rings is 2. The summed E-state index contributed by atoms with van der Waals surface area (Å²) >= 11 is 0. The van der Waals surface area contributed by atoms with Crippen LogP contribution in [0, 0.1) is 10.1 Å². The fourth-order valence-corrected chi connectivity index (χ4v) is 2.87. The highest BCUT2D eigenvalue weighted by Crippen LogP contribution is 2.25. The first-order valence-electron chi connectivity index (χ1n) is 8.13. The number of carbonyl (C=O) groups excluding carboxylic acids is 1. The summed E-state index contributed by atoms with van der Waals surface area (Å²) in [6, 6.07) is 16.3. The van der Waals surface area contributed by atoms with Crippen molar-refractivity contribution in [3.8, 4) is 11.1 Å². The van der Waals surface area contributed by atoms with Crippen LogP contribution in [0.4, 0.5) is 5.69 Å². The Bertz CT molecular complexity index is 1030. The van der Waals surface area contributed by atoms with Gasteiger partial charge in [-0.15, -0.1) is 0 Å². The van der Waals surface area contributed by atoms with Crippen molar-refractivity contribution in [2.75, 3.05) is 0 Å². The van der Waals surface area contributed by atoms with Crippen LogP contribution in [0.5, 0.6) is 0 Å². The van der Waals surface area contributed by atoms with Crippen LogP contribution in [-0.2, 0) is 18.3 Å². The second-order valence-electron chi connectivity index (χ2n) is 6.05. The summed E-state index contributed by atoms with van der Waals surface area (Å²) in [6.07, 6.45) is -0.157. The highest BCUT2D eigenvalue weighted by atomic mass is 16.6. The number of non-ortho nitro benzene ring substituents is 1. The molecule has 7 nitrogen and oxygen atoms in total. The summed E-state index contributed by atoms with van der Waals surface area (Å²) in [5.41, 5.74) is 2.84. The largest absolute Gasteiger partial charge is 0.481 e. The summed E-state index contributed by atoms with van der Waals surface area (Å²) in [6.45, 7) is 0. The zero-order valence-corrected chi connectivity index (χ0v) is 14.5. The SMILES string of the molecule is Cn1c(CC(=O)O)ccc1C(=O)c1ccc(-c2cccc([N+](=O)[O-])c2)cc1. The molecule has 7 heteroatoms. The predicted octanol–water partition coefficient (Wildman–Crippen LogP) is 3.46. The van der Waals surface area contributed by atoms with Crippen molar-refractivity contribution in [2.24, 2.45) is 7.05 Å². The molecule has 0 aliphatic rings. The molecule has 0 radical (unpaired) electrons. The number of nitro groups is 1. The van der Waals surface area contributed by atoms with Gasteiger partial charge in [0.2, 0.25) is 5.78 Å². The third kappa shape index (κ3) is 3.77. The zero-order chi connectivity index (χ0) is 19.6. The van der Waals surface area contributed by atoms with Gasteiger partial charge in [0.25, 0.3) is 5.69 Å². The van der Waals surface area contributed by atoms with Gasteiger partial charge in [0.05, 0.1) is 17.0 Å². The lowest BCUT2D eigenvalue weighted by atomic mass is 10.0. The summed E-state index contributed by atoms with van der Waals surface area (Å²) < 4.78 is 1.57. The molecule has 0 saturated heterocycles. The Labute approximate surface area is 154 Å². The normalized spacial score (nSPS) is 10.6. The first kappa shape index (κ1) is 18.1. The molecule has 0 saturated carbocycles. The number of aromatic nitrogens is 1. The molecule has 0 bridgehead atoms. The van der Waals surface area contributed by atoms with E-state index in [1.54, 1.807) is 60.1 Å². The van der Waals surface area contributed by atoms with Gasteiger partial charge in [-0.1, -0.05) is 36.4 Å². The maximum absolute atomic E-state index is 12.7. The number of hydrogen-bond acceptors (Lipinski definition) is 4. The highest BCUT2D eigenvalue weighted by molar-refractivity contribution is 6.08. The molecule has 0 unspecified atom stereocenters. The van der Waals surface area contributed by atoms with Gasteiger partial charge in [0.15, 0.2) is 0 Å². The quantitative estimate of drug-likeness (QED) is 0.410. The Morgan fingerprint density at radius 2 is 1.74 bits per heavy atom. The number of rotatable bonds is 6. The van der Waals surface area contributed by atoms with E-state index in [1.165, 1.54) is 12.1 Å². The van der Waals surface area contributed by atoms with E-state index in [9.17, 15) is 19.7 Å². The fourth-order valence-electron chi connectivity index (χ4n) is 2.87. The molecule has 1 aromatic heterocycles. The summed E-state index contributed by atoms with van der Waals surface area (Å²) in [5, 5.41) is 19.8. The van der Waals surface area contributed by atoms with Crippen LogP contribution in [0.2, 0.25) is 0 Å². The number of carbonyl (C=O) groups is 2. The molecule has 0 aliphatic carbocycles. The monoisotopic (exact) mass is 364 g/mol. The number of aliphatic carboxylic acids is 1. The van der Waals surface area contributed by atoms with Crippen molar-refractivity contribution in [1.29, 1.82) is 0 Å². The van der Waals surface area contributed by atoms with E-state index < -0.39 is 10.9 Å². The van der Waals surface area contributed by atoms with E-state index in [0.29, 0.717) is 22.5 Å². The molecule has 0 spiro atoms. The lowest BCUT2D eigenvalue weighted by molar-refractivity contribution is -0.384. The molecule has 136 valence electrons. The van der Waals surface area contributed by atoms with Crippen LogP contribution in [0.25, 0.3) is 11.1 Å². The van der Waals surface area contributed by atoms with E-state index in [1.807, 2.05) is 0 Å². The first-order chi connectivity index (χ1) is 12.9. The Morgan fingerprint density at radius 1 is 1.04 bits per heavy atom. The highest BCUT2D eigenvalue weighted by Gasteiger charge is 2.16. The van der Waals surface area contributed by atoms with E-state index in [2.05, 4.69) is 0 Å². The Kier molecular flexibility index (Phi) is 4.85. The molecule has 3 aromatic rings. The maximum atomic E-state index is 12.7. The minimum Gasteiger partial charge on any atom is -0.481 e. The van der Waals surface area contributed by atoms with Crippen LogP contribution in [0.15, 0.2) is 60.7 Å². The second-order valence-corrected chi connectivity index (χ2v) is 6.05. The Morgan fingerprint density at radius 3 is 2.37 bits per heavy atom. The van der Waals surface area contributed by atoms with Gasteiger partial charge in [0, 0.05) is 30.4 Å². The predicted molar refractivity (Wildman–Crippen MR) is 98.7 cm³/mol. The number of carboxylic acid groups (broad SMARTS) is 1. The number of nitro benzene ring substituents is 1. The topological polar surface area (TPSA) is 102 Å². The molecule has 1 N–H and O–H groups in total. The summed E-state index contributed by atoms with van der Waals surface area (Å²) in [7, 11) is 1.66. The molecule has 0 fully saturated rings. The van der Waals surface area contributed by atoms with Crippen molar-refractivity contribution in [3.05, 3.63) is 87.7 Å². The zero-order valence-electron chi connectivity index (χ0n) is 14.5. The number of ketones is 1. The van der Waals surface area contributed by atoms with E-state index in [0.717, 1.165) is 5.56 Å². The van der Waals surface area contributed by atoms with E-state index in [4.69, 9.17) is 5.11 Å². The molecular formula is C20H16N2O5. The second kappa shape index (κ2) is 7.25. The van der Waals surface area contributed by atoms with Crippen molar-refractivity contribution in [3.63, 3.8) is 0 Å². The van der Waals surface area contributed by atoms with Gasteiger partial charge in [-0.3, -0.25) is 19.7 Å². The third-order valence-corrected chi connectivity index (χ3v) is 4.33. The molecule has 0 amide bonds. The van der Waals surface area contributed by atoms with Crippen molar-refractivity contribution < 1.29 is 19.6 Å². The molecule has 3 rings (SSSR count). The summed E-state index contributed by atoms with van der Waals surface area (Å²) in [5.74, 6) is -1.18. The number of nitrogens with zero attached hydrogens (tertiary/aromatic N) is 2. The van der Waals surface area contributed by atoms with E-state index in [-0.39, 0.29) is 17.9 Å². The smallest absolute Gasteiger partial charge is 0.309 e. The number of hydrogen-bond donors (Lipinski definition) is 1. The standard InChI is InChI=1S/C20H16N2O5/c1-21-16(12-19(23)24)9-10-18(21)20(25)14-7-5-13(6-8-14)15-3-2-4-17(11-15)22(26)27/h2-11H,12H2,1H3,(H,23,24). The van der Waals surface area contributed by atoms with Crippen molar-refractivity contribution >= 4 is 17.4 Å². The van der Waals surface area contributed by atoms with Crippen LogP contribution in [-0.4, -0.2) is 26.3 Å². The van der Waals surface area contributed by atoms with Crippen LogP contribution in [0.1, 0.15) is 21.7 Å². The molecule has 0 atom stereocenters. The summed E-state index contributed by atoms with van der Waals surface area (Å²) in [4.78, 5) is 34.0. The van der Waals surface area contributed by atoms with Gasteiger partial charge < -0.3 is 9.67 Å². The molecular weight excluding hydrogens is 348 g/mol. The fraction of sp³-hybridized carbons (Fsp3) is 0.100. The van der Waals surface area contributed by atoms with Crippen LogP contribution >= 0.6 is 0 Å². The average molecular weight is 364 g/mol. The maximum Gasteiger partial charge on any atom is 0.309 e. The van der Waals surface area contributed by atoms with Gasteiger partial charge >= 0.3 is 5.97 Å². The van der Waals surface area contributed by atoms with Crippen molar-refractivity contribution in [1.82, 2.24) is 4.57 Å². The van der Waals surface area contributed by atoms with Gasteiger partial charge in [-0.25, -0.2) is 0 Å². The minimum absolute atomic E-state index is 0.00224. The number of carboxylic acids is 1. The van der Waals surface area contributed by atoms with Gasteiger partial charge in [-0.2, -0.15) is 0 Å². The third-order valence-electron chi connectivity index (χ3n) is 4.33. The van der Waals surface area contributed by atoms with Crippen LogP contribution < -0.4 is 0 Å². The molecule has 27 heavy (non-hydrogen) atoms. The van der Waals surface area contributed by atoms with E-state index >= 15 is 0 Å². The minimum atomic E-state index is -0.962. The lowest BCUT2D eigenvalue weighted by Gasteiger charge is -2.07. The molecule has 1 heterocycles. The van der Waals surface area contributed by atoms with Gasteiger partial charge in [-0.05, 0) is 23.3 Å². The Balaban J connectivity index is 1.86. The molecule has 2 aromatic carbocycles. The Hall–Kier alpha value is -3.74. The van der Waals surface area contributed by atoms with Crippen molar-refractivity contribution in [2.45, 2.75) is 6.42 Å². The molecule has 0 aliphatic heterocycles. The van der Waals surface area contributed by atoms with Gasteiger partial charge in [0.1, 0.15) is 0 Å². The lowest BCUT2D eigenvalue weighted by Crippen LogP contribution is -2.11. The van der Waals surface area contributed by atoms with Crippen LogP contribution in [0.3, 0.4) is 0 Å².